The van der Waals surface area contributed by atoms with Gasteiger partial charge in [0.25, 0.3) is 0 Å². The summed E-state index contributed by atoms with van der Waals surface area (Å²) >= 11 is 0. The molecular formula is C28H27N4O5+. The van der Waals surface area contributed by atoms with E-state index in [1.54, 1.807) is 19.1 Å². The van der Waals surface area contributed by atoms with Gasteiger partial charge in [-0.05, 0) is 59.4 Å². The molecule has 1 amide bonds. The van der Waals surface area contributed by atoms with Crippen LogP contribution in [0.4, 0.5) is 0 Å². The number of carbonyl (C=O) groups excluding carboxylic acids is 1. The lowest BCUT2D eigenvalue weighted by Gasteiger charge is -2.44. The molecule has 0 unspecified atom stereocenters. The van der Waals surface area contributed by atoms with Gasteiger partial charge < -0.3 is 20.2 Å². The summed E-state index contributed by atoms with van der Waals surface area (Å²) in [6.07, 6.45) is 5.22. The number of aromatic nitrogens is 2. The third-order valence-corrected chi connectivity index (χ3v) is 7.10. The number of amides is 1. The average molecular weight is 500 g/mol. The Kier molecular flexibility index (Phi) is 6.38. The van der Waals surface area contributed by atoms with Gasteiger partial charge in [0.05, 0.1) is 36.3 Å². The summed E-state index contributed by atoms with van der Waals surface area (Å²) in [5.74, 6) is -2.21. The van der Waals surface area contributed by atoms with Gasteiger partial charge in [-0.25, -0.2) is 13.9 Å². The number of hydrogen-bond acceptors (Lipinski definition) is 5. The van der Waals surface area contributed by atoms with Gasteiger partial charge in [0.15, 0.2) is 0 Å². The van der Waals surface area contributed by atoms with Crippen molar-refractivity contribution in [2.24, 2.45) is 5.92 Å². The number of nitriles is 1. The quantitative estimate of drug-likeness (QED) is 0.320. The molecule has 0 saturated carbocycles. The monoisotopic (exact) mass is 499 g/mol. The van der Waals surface area contributed by atoms with Crippen molar-refractivity contribution in [3.05, 3.63) is 83.6 Å². The Morgan fingerprint density at radius 1 is 1.19 bits per heavy atom. The van der Waals surface area contributed by atoms with Crippen molar-refractivity contribution in [2.75, 3.05) is 6.61 Å². The third kappa shape index (κ3) is 4.42. The minimum Gasteiger partial charge on any atom is -0.477 e. The van der Waals surface area contributed by atoms with E-state index in [9.17, 15) is 25.1 Å². The van der Waals surface area contributed by atoms with Crippen LogP contribution in [-0.4, -0.2) is 55.4 Å². The highest BCUT2D eigenvalue weighted by atomic mass is 16.4. The van der Waals surface area contributed by atoms with Crippen molar-refractivity contribution in [3.8, 4) is 17.2 Å². The summed E-state index contributed by atoms with van der Waals surface area (Å²) in [6, 6.07) is 14.9. The molecule has 0 bridgehead atoms. The fourth-order valence-electron chi connectivity index (χ4n) is 5.35. The van der Waals surface area contributed by atoms with E-state index in [4.69, 9.17) is 5.11 Å². The summed E-state index contributed by atoms with van der Waals surface area (Å²) < 4.78 is 3.93. The molecule has 9 nitrogen and oxygen atoms in total. The van der Waals surface area contributed by atoms with Gasteiger partial charge >= 0.3 is 5.97 Å². The number of rotatable bonds is 8. The van der Waals surface area contributed by atoms with Crippen LogP contribution in [0.25, 0.3) is 16.7 Å². The molecule has 2 aliphatic rings. The maximum absolute atomic E-state index is 12.6. The first kappa shape index (κ1) is 24.4. The molecule has 0 spiro atoms. The van der Waals surface area contributed by atoms with Crippen LogP contribution in [0.2, 0.25) is 0 Å². The number of carbonyl (C=O) groups is 2. The van der Waals surface area contributed by atoms with E-state index in [2.05, 4.69) is 6.07 Å². The molecule has 0 radical (unpaired) electrons. The molecule has 1 fully saturated rings. The van der Waals surface area contributed by atoms with Crippen molar-refractivity contribution in [1.29, 1.82) is 5.26 Å². The van der Waals surface area contributed by atoms with Gasteiger partial charge in [0.2, 0.25) is 12.2 Å². The van der Waals surface area contributed by atoms with Crippen molar-refractivity contribution in [3.63, 3.8) is 0 Å². The Morgan fingerprint density at radius 2 is 1.92 bits per heavy atom. The lowest BCUT2D eigenvalue weighted by Crippen LogP contribution is -2.61. The second-order valence-corrected chi connectivity index (χ2v) is 9.53. The minimum atomic E-state index is -1.20. The van der Waals surface area contributed by atoms with E-state index in [0.717, 1.165) is 16.7 Å². The Labute approximate surface area is 213 Å². The van der Waals surface area contributed by atoms with Crippen LogP contribution >= 0.6 is 0 Å². The number of β-lactam (4-membered cyclic amide) rings is 1. The molecule has 9 heteroatoms. The first-order chi connectivity index (χ1) is 17.8. The van der Waals surface area contributed by atoms with Crippen LogP contribution in [0.3, 0.4) is 0 Å². The Hall–Kier alpha value is -4.26. The first-order valence-corrected chi connectivity index (χ1v) is 12.1. The van der Waals surface area contributed by atoms with E-state index >= 15 is 0 Å². The van der Waals surface area contributed by atoms with Crippen LogP contribution in [0, 0.1) is 17.2 Å². The number of imidazole rings is 1. The van der Waals surface area contributed by atoms with E-state index in [-0.39, 0.29) is 18.2 Å². The number of hydrogen-bond donors (Lipinski definition) is 3. The van der Waals surface area contributed by atoms with Crippen LogP contribution in [0.5, 0.6) is 0 Å². The average Bonchev–Trinajstić information content (AvgIpc) is 3.46. The number of aliphatic hydroxyl groups is 2. The SMILES string of the molecule is C[C@@H](O)[C@H]1C(=O)N2C(C(=O)O)=C(c3cc(C#N)cc(-c4ccc(C[n+]5ccn(CCO)c5)cc4)c3)C[C@H]12. The summed E-state index contributed by atoms with van der Waals surface area (Å²) in [5.41, 5.74) is 4.12. The molecule has 37 heavy (non-hydrogen) atoms. The molecule has 2 aromatic carbocycles. The largest absolute Gasteiger partial charge is 0.477 e. The molecular weight excluding hydrogens is 472 g/mol. The molecule has 188 valence electrons. The molecule has 1 aromatic heterocycles. The maximum atomic E-state index is 12.6. The molecule has 2 aliphatic heterocycles. The van der Waals surface area contributed by atoms with Gasteiger partial charge in [-0.3, -0.25) is 4.79 Å². The van der Waals surface area contributed by atoms with Crippen molar-refractivity contribution in [2.45, 2.75) is 38.6 Å². The van der Waals surface area contributed by atoms with Crippen molar-refractivity contribution >= 4 is 17.4 Å². The Bertz CT molecular complexity index is 1450. The van der Waals surface area contributed by atoms with E-state index in [1.807, 2.05) is 58.2 Å². The van der Waals surface area contributed by atoms with E-state index < -0.39 is 24.0 Å². The van der Waals surface area contributed by atoms with Crippen molar-refractivity contribution in [1.82, 2.24) is 9.47 Å². The summed E-state index contributed by atoms with van der Waals surface area (Å²) in [5, 5.41) is 38.7. The van der Waals surface area contributed by atoms with E-state index in [1.165, 1.54) is 4.90 Å². The Morgan fingerprint density at radius 3 is 2.57 bits per heavy atom. The van der Waals surface area contributed by atoms with Crippen LogP contribution in [-0.2, 0) is 22.7 Å². The van der Waals surface area contributed by atoms with Gasteiger partial charge in [-0.2, -0.15) is 5.26 Å². The first-order valence-electron chi connectivity index (χ1n) is 12.1. The van der Waals surface area contributed by atoms with Gasteiger partial charge in [-0.15, -0.1) is 0 Å². The van der Waals surface area contributed by atoms with Gasteiger partial charge in [0, 0.05) is 0 Å². The highest BCUT2D eigenvalue weighted by Crippen LogP contribution is 2.47. The number of carboxylic acid groups (broad SMARTS) is 1. The Balaban J connectivity index is 1.45. The zero-order valence-electron chi connectivity index (χ0n) is 20.3. The maximum Gasteiger partial charge on any atom is 0.352 e. The zero-order chi connectivity index (χ0) is 26.3. The van der Waals surface area contributed by atoms with Crippen LogP contribution < -0.4 is 4.57 Å². The van der Waals surface area contributed by atoms with E-state index in [0.29, 0.717) is 36.2 Å². The predicted octanol–water partition coefficient (Wildman–Crippen LogP) is 1.76. The molecule has 3 aromatic rings. The molecule has 3 N–H and O–H groups in total. The summed E-state index contributed by atoms with van der Waals surface area (Å²) in [6.45, 7) is 2.82. The normalized spacial score (nSPS) is 19.4. The standard InChI is InChI=1S/C28H26N4O5/c1-17(34)25-24-13-23(26(28(36)37)32(24)27(25)35)22-11-19(14-29)10-21(12-22)20-4-2-18(3-5-20)15-31-7-6-30(16-31)8-9-33/h2-7,10-12,16-17,24-25,33-34H,8-9,13,15H2,1H3/p+1/t17-,24-,25-/m1/s1. The van der Waals surface area contributed by atoms with Crippen LogP contribution in [0.15, 0.2) is 66.9 Å². The predicted molar refractivity (Wildman–Crippen MR) is 132 cm³/mol. The smallest absolute Gasteiger partial charge is 0.352 e. The lowest BCUT2D eigenvalue weighted by atomic mass is 9.82. The zero-order valence-corrected chi connectivity index (χ0v) is 20.3. The van der Waals surface area contributed by atoms with Crippen molar-refractivity contribution < 1.29 is 29.5 Å². The lowest BCUT2D eigenvalue weighted by molar-refractivity contribution is -0.687. The topological polar surface area (TPSA) is 131 Å². The fraction of sp³-hybridized carbons (Fsp3) is 0.286. The molecule has 3 heterocycles. The second kappa shape index (κ2) is 9.65. The number of nitrogens with zero attached hydrogens (tertiary/aromatic N) is 4. The number of benzene rings is 2. The minimum absolute atomic E-state index is 0.0755. The summed E-state index contributed by atoms with van der Waals surface area (Å²) in [4.78, 5) is 26.0. The number of fused-ring (bicyclic) bond motifs is 1. The van der Waals surface area contributed by atoms with Crippen LogP contribution in [0.1, 0.15) is 30.0 Å². The van der Waals surface area contributed by atoms with Gasteiger partial charge in [-0.1, -0.05) is 24.3 Å². The molecule has 5 rings (SSSR count). The molecule has 1 saturated heterocycles. The molecule has 0 aliphatic carbocycles. The number of aliphatic hydroxyl groups excluding tert-OH is 2. The summed E-state index contributed by atoms with van der Waals surface area (Å²) in [7, 11) is 0. The second-order valence-electron chi connectivity index (χ2n) is 9.53. The van der Waals surface area contributed by atoms with Gasteiger partial charge in [0.1, 0.15) is 31.2 Å². The number of carboxylic acids is 1. The highest BCUT2D eigenvalue weighted by Gasteiger charge is 2.56. The fourth-order valence-corrected chi connectivity index (χ4v) is 5.35. The molecule has 3 atom stereocenters. The third-order valence-electron chi connectivity index (χ3n) is 7.10. The highest BCUT2D eigenvalue weighted by molar-refractivity contribution is 6.06. The number of aliphatic carboxylic acids is 1.